The van der Waals surface area contributed by atoms with E-state index in [0.29, 0.717) is 24.7 Å². The molecule has 0 bridgehead atoms. The van der Waals surface area contributed by atoms with Crippen LogP contribution in [-0.2, 0) is 0 Å². The van der Waals surface area contributed by atoms with Crippen LogP contribution in [0.15, 0.2) is 12.1 Å². The van der Waals surface area contributed by atoms with E-state index in [1.807, 2.05) is 6.07 Å². The van der Waals surface area contributed by atoms with Gasteiger partial charge in [0, 0.05) is 26.2 Å². The smallest absolute Gasteiger partial charge is 0.205 e. The molecular formula is C12H17N3O3. The minimum atomic E-state index is 0.130. The predicted octanol–water partition coefficient (Wildman–Crippen LogP) is 0.159. The average molecular weight is 251 g/mol. The van der Waals surface area contributed by atoms with E-state index in [1.165, 1.54) is 0 Å². The number of fused-ring (bicyclic) bond motifs is 1. The Morgan fingerprint density at radius 2 is 1.67 bits per heavy atom. The van der Waals surface area contributed by atoms with E-state index in [2.05, 4.69) is 4.90 Å². The molecule has 1 fully saturated rings. The van der Waals surface area contributed by atoms with Crippen molar-refractivity contribution in [1.29, 1.82) is 0 Å². The minimum absolute atomic E-state index is 0.130. The van der Waals surface area contributed by atoms with E-state index in [4.69, 9.17) is 15.3 Å². The number of anilines is 1. The third-order valence-electron chi connectivity index (χ3n) is 3.30. The van der Waals surface area contributed by atoms with Gasteiger partial charge in [-0.25, -0.2) is 5.01 Å². The van der Waals surface area contributed by atoms with Crippen molar-refractivity contribution in [3.63, 3.8) is 0 Å². The highest BCUT2D eigenvalue weighted by Crippen LogP contribution is 2.45. The summed E-state index contributed by atoms with van der Waals surface area (Å²) in [6, 6.07) is 3.52. The summed E-state index contributed by atoms with van der Waals surface area (Å²) in [6.45, 7) is 4.31. The van der Waals surface area contributed by atoms with E-state index in [1.54, 1.807) is 11.1 Å². The first-order chi connectivity index (χ1) is 8.75. The number of hydrogen-bond donors (Lipinski definition) is 2. The van der Waals surface area contributed by atoms with E-state index in [-0.39, 0.29) is 5.75 Å². The van der Waals surface area contributed by atoms with Crippen LogP contribution in [0.1, 0.15) is 0 Å². The van der Waals surface area contributed by atoms with Crippen molar-refractivity contribution in [2.24, 2.45) is 5.84 Å². The van der Waals surface area contributed by atoms with Gasteiger partial charge in [0.25, 0.3) is 0 Å². The van der Waals surface area contributed by atoms with Crippen LogP contribution in [0.5, 0.6) is 17.2 Å². The lowest BCUT2D eigenvalue weighted by Crippen LogP contribution is -2.49. The second-order valence-corrected chi connectivity index (χ2v) is 4.48. The van der Waals surface area contributed by atoms with Crippen LogP contribution >= 0.6 is 0 Å². The number of benzene rings is 1. The zero-order chi connectivity index (χ0) is 12.5. The van der Waals surface area contributed by atoms with E-state index >= 15 is 0 Å². The summed E-state index contributed by atoms with van der Waals surface area (Å²) in [5.41, 5.74) is 0.968. The molecule has 0 radical (unpaired) electrons. The fraction of sp³-hybridized carbons (Fsp3) is 0.500. The van der Waals surface area contributed by atoms with Crippen molar-refractivity contribution in [3.05, 3.63) is 12.1 Å². The molecule has 2 aliphatic heterocycles. The van der Waals surface area contributed by atoms with Gasteiger partial charge in [0.1, 0.15) is 13.2 Å². The molecular weight excluding hydrogens is 234 g/mol. The van der Waals surface area contributed by atoms with Crippen molar-refractivity contribution in [2.75, 3.05) is 44.3 Å². The molecule has 0 aliphatic carbocycles. The summed E-state index contributed by atoms with van der Waals surface area (Å²) in [6.07, 6.45) is 0. The zero-order valence-corrected chi connectivity index (χ0v) is 10.1. The first-order valence-electron chi connectivity index (χ1n) is 6.12. The highest BCUT2D eigenvalue weighted by molar-refractivity contribution is 5.69. The predicted molar refractivity (Wildman–Crippen MR) is 67.1 cm³/mol. The molecule has 98 valence electrons. The van der Waals surface area contributed by atoms with Crippen LogP contribution in [0.3, 0.4) is 0 Å². The van der Waals surface area contributed by atoms with Crippen molar-refractivity contribution < 1.29 is 14.6 Å². The molecule has 6 heteroatoms. The molecule has 0 spiro atoms. The lowest BCUT2D eigenvalue weighted by atomic mass is 10.2. The fourth-order valence-corrected chi connectivity index (χ4v) is 2.32. The van der Waals surface area contributed by atoms with Crippen molar-refractivity contribution in [1.82, 2.24) is 5.01 Å². The number of aromatic hydroxyl groups is 1. The van der Waals surface area contributed by atoms with Gasteiger partial charge in [0.2, 0.25) is 5.75 Å². The number of ether oxygens (including phenoxy) is 2. The van der Waals surface area contributed by atoms with Crippen LogP contribution in [0.25, 0.3) is 0 Å². The number of nitrogens with zero attached hydrogens (tertiary/aromatic N) is 2. The van der Waals surface area contributed by atoms with Crippen LogP contribution < -0.4 is 20.2 Å². The Kier molecular flexibility index (Phi) is 2.89. The Morgan fingerprint density at radius 3 is 2.39 bits per heavy atom. The third-order valence-corrected chi connectivity index (χ3v) is 3.30. The Morgan fingerprint density at radius 1 is 1.00 bits per heavy atom. The van der Waals surface area contributed by atoms with E-state index in [0.717, 1.165) is 31.9 Å². The van der Waals surface area contributed by atoms with Crippen molar-refractivity contribution in [2.45, 2.75) is 0 Å². The maximum absolute atomic E-state index is 9.77. The molecule has 0 atom stereocenters. The molecule has 3 N–H and O–H groups in total. The van der Waals surface area contributed by atoms with Gasteiger partial charge in [-0.15, -0.1) is 0 Å². The molecule has 1 aromatic carbocycles. The largest absolute Gasteiger partial charge is 0.504 e. The number of hydrazine groups is 1. The maximum Gasteiger partial charge on any atom is 0.205 e. The zero-order valence-electron chi connectivity index (χ0n) is 10.1. The number of nitrogens with two attached hydrogens (primary N) is 1. The SMILES string of the molecule is NN1CCN(c2ccc(O)c3c2OCCO3)CC1. The van der Waals surface area contributed by atoms with Gasteiger partial charge < -0.3 is 19.5 Å². The van der Waals surface area contributed by atoms with Gasteiger partial charge in [0.15, 0.2) is 11.5 Å². The summed E-state index contributed by atoms with van der Waals surface area (Å²) in [4.78, 5) is 2.20. The fourth-order valence-electron chi connectivity index (χ4n) is 2.32. The van der Waals surface area contributed by atoms with Gasteiger partial charge in [-0.1, -0.05) is 0 Å². The second-order valence-electron chi connectivity index (χ2n) is 4.48. The summed E-state index contributed by atoms with van der Waals surface area (Å²) in [7, 11) is 0. The van der Waals surface area contributed by atoms with Gasteiger partial charge in [0.05, 0.1) is 5.69 Å². The molecule has 0 aromatic heterocycles. The number of hydrogen-bond acceptors (Lipinski definition) is 6. The van der Waals surface area contributed by atoms with Gasteiger partial charge >= 0.3 is 0 Å². The standard InChI is InChI=1S/C12H17N3O3/c13-15-5-3-14(4-6-15)9-1-2-10(16)12-11(9)17-7-8-18-12/h1-2,16H,3-8,13H2. The molecule has 2 aliphatic rings. The molecule has 0 amide bonds. The second kappa shape index (κ2) is 4.55. The molecule has 6 nitrogen and oxygen atoms in total. The number of phenolic OH excluding ortho intramolecular Hbond substituents is 1. The molecule has 18 heavy (non-hydrogen) atoms. The highest BCUT2D eigenvalue weighted by atomic mass is 16.6. The molecule has 0 saturated carbocycles. The van der Waals surface area contributed by atoms with Crippen LogP contribution in [0.2, 0.25) is 0 Å². The Hall–Kier alpha value is -1.66. The normalized spacial score (nSPS) is 19.9. The Labute approximate surface area is 105 Å². The average Bonchev–Trinajstić information content (AvgIpc) is 2.41. The van der Waals surface area contributed by atoms with E-state index in [9.17, 15) is 5.11 Å². The van der Waals surface area contributed by atoms with Crippen LogP contribution in [0.4, 0.5) is 5.69 Å². The van der Waals surface area contributed by atoms with Crippen LogP contribution in [-0.4, -0.2) is 49.5 Å². The summed E-state index contributed by atoms with van der Waals surface area (Å²) in [5.74, 6) is 6.98. The maximum atomic E-state index is 9.77. The number of phenols is 1. The summed E-state index contributed by atoms with van der Waals surface area (Å²) in [5, 5.41) is 11.6. The minimum Gasteiger partial charge on any atom is -0.504 e. The highest BCUT2D eigenvalue weighted by Gasteiger charge is 2.25. The lowest BCUT2D eigenvalue weighted by Gasteiger charge is -2.35. The van der Waals surface area contributed by atoms with Crippen molar-refractivity contribution >= 4 is 5.69 Å². The van der Waals surface area contributed by atoms with Crippen LogP contribution in [0, 0.1) is 0 Å². The molecule has 1 saturated heterocycles. The number of piperazine rings is 1. The Balaban J connectivity index is 1.92. The quantitative estimate of drug-likeness (QED) is 0.693. The van der Waals surface area contributed by atoms with Gasteiger partial charge in [-0.05, 0) is 12.1 Å². The first-order valence-corrected chi connectivity index (χ1v) is 6.12. The van der Waals surface area contributed by atoms with E-state index < -0.39 is 0 Å². The first kappa shape index (κ1) is 11.4. The van der Waals surface area contributed by atoms with Gasteiger partial charge in [-0.3, -0.25) is 5.84 Å². The molecule has 1 aromatic rings. The monoisotopic (exact) mass is 251 g/mol. The molecule has 0 unspecified atom stereocenters. The Bertz CT molecular complexity index is 444. The lowest BCUT2D eigenvalue weighted by molar-refractivity contribution is 0.165. The topological polar surface area (TPSA) is 71.2 Å². The van der Waals surface area contributed by atoms with Crippen molar-refractivity contribution in [3.8, 4) is 17.2 Å². The van der Waals surface area contributed by atoms with Gasteiger partial charge in [-0.2, -0.15) is 0 Å². The third kappa shape index (κ3) is 1.93. The summed E-state index contributed by atoms with van der Waals surface area (Å²) < 4.78 is 11.1. The molecule has 3 rings (SSSR count). The summed E-state index contributed by atoms with van der Waals surface area (Å²) >= 11 is 0. The number of rotatable bonds is 1. The molecule has 2 heterocycles.